The first-order valence-corrected chi connectivity index (χ1v) is 4.54. The number of carbonyl (C=O) groups is 1. The standard InChI is InChI=1S/C8H13ClO3/c1-2-3-7-11-4-6(5-12-7)8(9)10/h6-7H,2-5H2,1H3. The van der Waals surface area contributed by atoms with Gasteiger partial charge >= 0.3 is 0 Å². The van der Waals surface area contributed by atoms with Crippen LogP contribution in [0.25, 0.3) is 0 Å². The summed E-state index contributed by atoms with van der Waals surface area (Å²) in [5, 5.41) is -0.370. The molecule has 0 aromatic rings. The molecule has 1 aliphatic heterocycles. The molecule has 0 aromatic heterocycles. The molecular weight excluding hydrogens is 180 g/mol. The molecular formula is C8H13ClO3. The molecule has 0 aromatic carbocycles. The van der Waals surface area contributed by atoms with Gasteiger partial charge in [0.2, 0.25) is 5.24 Å². The third kappa shape index (κ3) is 2.73. The highest BCUT2D eigenvalue weighted by molar-refractivity contribution is 6.64. The Bertz CT molecular complexity index is 152. The molecule has 70 valence electrons. The second-order valence-corrected chi connectivity index (χ2v) is 3.26. The van der Waals surface area contributed by atoms with Gasteiger partial charge in [0.25, 0.3) is 0 Å². The van der Waals surface area contributed by atoms with E-state index in [-0.39, 0.29) is 17.5 Å². The molecule has 1 aliphatic rings. The van der Waals surface area contributed by atoms with Gasteiger partial charge in [-0.1, -0.05) is 13.3 Å². The number of carbonyl (C=O) groups excluding carboxylic acids is 1. The van der Waals surface area contributed by atoms with E-state index in [0.29, 0.717) is 13.2 Å². The van der Waals surface area contributed by atoms with E-state index < -0.39 is 0 Å². The largest absolute Gasteiger partial charge is 0.352 e. The van der Waals surface area contributed by atoms with E-state index in [1.165, 1.54) is 0 Å². The van der Waals surface area contributed by atoms with Crippen LogP contribution in [0.1, 0.15) is 19.8 Å². The van der Waals surface area contributed by atoms with Gasteiger partial charge in [-0.3, -0.25) is 4.79 Å². The van der Waals surface area contributed by atoms with E-state index >= 15 is 0 Å². The minimum Gasteiger partial charge on any atom is -0.352 e. The second-order valence-electron chi connectivity index (χ2n) is 2.89. The molecule has 1 rings (SSSR count). The van der Waals surface area contributed by atoms with Gasteiger partial charge in [0.1, 0.15) is 0 Å². The predicted molar refractivity (Wildman–Crippen MR) is 45.0 cm³/mol. The molecule has 0 unspecified atom stereocenters. The van der Waals surface area contributed by atoms with Crippen LogP contribution in [-0.4, -0.2) is 24.7 Å². The number of hydrogen-bond donors (Lipinski definition) is 0. The maximum absolute atomic E-state index is 10.7. The Hall–Kier alpha value is -0.120. The highest BCUT2D eigenvalue weighted by Gasteiger charge is 2.25. The second kappa shape index (κ2) is 4.80. The van der Waals surface area contributed by atoms with E-state index in [0.717, 1.165) is 12.8 Å². The number of rotatable bonds is 3. The Labute approximate surface area is 77.0 Å². The summed E-state index contributed by atoms with van der Waals surface area (Å²) in [5.41, 5.74) is 0. The van der Waals surface area contributed by atoms with Gasteiger partial charge in [-0.25, -0.2) is 0 Å². The minimum atomic E-state index is -0.370. The van der Waals surface area contributed by atoms with Crippen molar-refractivity contribution in [2.75, 3.05) is 13.2 Å². The molecule has 12 heavy (non-hydrogen) atoms. The zero-order valence-electron chi connectivity index (χ0n) is 7.09. The molecule has 1 heterocycles. The molecule has 0 amide bonds. The van der Waals surface area contributed by atoms with Crippen LogP contribution in [0.5, 0.6) is 0 Å². The molecule has 0 spiro atoms. The third-order valence-corrected chi connectivity index (χ3v) is 2.12. The van der Waals surface area contributed by atoms with Gasteiger partial charge in [-0.15, -0.1) is 0 Å². The molecule has 0 N–H and O–H groups in total. The average Bonchev–Trinajstić information content (AvgIpc) is 2.06. The summed E-state index contributed by atoms with van der Waals surface area (Å²) >= 11 is 5.28. The normalized spacial score (nSPS) is 30.2. The van der Waals surface area contributed by atoms with E-state index in [1.54, 1.807) is 0 Å². The lowest BCUT2D eigenvalue weighted by molar-refractivity contribution is -0.200. The van der Waals surface area contributed by atoms with Crippen molar-refractivity contribution in [3.05, 3.63) is 0 Å². The Balaban J connectivity index is 2.25. The van der Waals surface area contributed by atoms with E-state index in [2.05, 4.69) is 6.92 Å². The van der Waals surface area contributed by atoms with E-state index in [1.807, 2.05) is 0 Å². The van der Waals surface area contributed by atoms with Gasteiger partial charge in [-0.2, -0.15) is 0 Å². The summed E-state index contributed by atoms with van der Waals surface area (Å²) < 4.78 is 10.5. The molecule has 1 fully saturated rings. The number of halogens is 1. The highest BCUT2D eigenvalue weighted by atomic mass is 35.5. The van der Waals surface area contributed by atoms with E-state index in [9.17, 15) is 4.79 Å². The topological polar surface area (TPSA) is 35.5 Å². The van der Waals surface area contributed by atoms with Crippen molar-refractivity contribution < 1.29 is 14.3 Å². The molecule has 4 heteroatoms. The molecule has 0 aliphatic carbocycles. The van der Waals surface area contributed by atoms with Crippen LogP contribution in [0.4, 0.5) is 0 Å². The van der Waals surface area contributed by atoms with Crippen LogP contribution in [0, 0.1) is 5.92 Å². The fourth-order valence-electron chi connectivity index (χ4n) is 1.08. The summed E-state index contributed by atoms with van der Waals surface area (Å²) in [5.74, 6) is -0.278. The first-order valence-electron chi connectivity index (χ1n) is 4.16. The fraction of sp³-hybridized carbons (Fsp3) is 0.875. The SMILES string of the molecule is CCCC1OCC(C(=O)Cl)CO1. The number of hydrogen-bond acceptors (Lipinski definition) is 3. The number of ether oxygens (including phenoxy) is 2. The van der Waals surface area contributed by atoms with Crippen LogP contribution >= 0.6 is 11.6 Å². The highest BCUT2D eigenvalue weighted by Crippen LogP contribution is 2.16. The van der Waals surface area contributed by atoms with Gasteiger partial charge in [0.05, 0.1) is 19.1 Å². The van der Waals surface area contributed by atoms with Crippen LogP contribution in [0.2, 0.25) is 0 Å². The lowest BCUT2D eigenvalue weighted by atomic mass is 10.2. The van der Waals surface area contributed by atoms with E-state index in [4.69, 9.17) is 21.1 Å². The Morgan fingerprint density at radius 3 is 2.50 bits per heavy atom. The van der Waals surface area contributed by atoms with Crippen molar-refractivity contribution in [1.29, 1.82) is 0 Å². The maximum atomic E-state index is 10.7. The Morgan fingerprint density at radius 2 is 2.08 bits per heavy atom. The Morgan fingerprint density at radius 1 is 1.50 bits per heavy atom. The van der Waals surface area contributed by atoms with Gasteiger partial charge in [0.15, 0.2) is 6.29 Å². The first-order chi connectivity index (χ1) is 5.74. The van der Waals surface area contributed by atoms with Crippen molar-refractivity contribution in [1.82, 2.24) is 0 Å². The zero-order valence-corrected chi connectivity index (χ0v) is 7.84. The lowest BCUT2D eigenvalue weighted by Gasteiger charge is -2.27. The zero-order chi connectivity index (χ0) is 8.97. The van der Waals surface area contributed by atoms with Gasteiger partial charge < -0.3 is 9.47 Å². The van der Waals surface area contributed by atoms with Crippen LogP contribution < -0.4 is 0 Å². The monoisotopic (exact) mass is 192 g/mol. The molecule has 0 atom stereocenters. The lowest BCUT2D eigenvalue weighted by Crippen LogP contribution is -2.34. The van der Waals surface area contributed by atoms with Crippen molar-refractivity contribution in [2.24, 2.45) is 5.92 Å². The summed E-state index contributed by atoms with van der Waals surface area (Å²) in [6.45, 7) is 2.85. The summed E-state index contributed by atoms with van der Waals surface area (Å²) in [6.07, 6.45) is 1.76. The molecule has 0 bridgehead atoms. The molecule has 3 nitrogen and oxygen atoms in total. The smallest absolute Gasteiger partial charge is 0.229 e. The summed E-state index contributed by atoms with van der Waals surface area (Å²) in [4.78, 5) is 10.7. The molecule has 0 radical (unpaired) electrons. The third-order valence-electron chi connectivity index (χ3n) is 1.81. The quantitative estimate of drug-likeness (QED) is 0.637. The van der Waals surface area contributed by atoms with Crippen molar-refractivity contribution >= 4 is 16.8 Å². The van der Waals surface area contributed by atoms with Crippen molar-refractivity contribution in [3.8, 4) is 0 Å². The predicted octanol–water partition coefficient (Wildman–Crippen LogP) is 1.54. The fourth-order valence-corrected chi connectivity index (χ4v) is 1.20. The van der Waals surface area contributed by atoms with Crippen LogP contribution in [-0.2, 0) is 14.3 Å². The maximum Gasteiger partial charge on any atom is 0.229 e. The van der Waals surface area contributed by atoms with Crippen LogP contribution in [0.15, 0.2) is 0 Å². The minimum absolute atomic E-state index is 0.137. The average molecular weight is 193 g/mol. The summed E-state index contributed by atoms with van der Waals surface area (Å²) in [7, 11) is 0. The Kier molecular flexibility index (Phi) is 3.98. The molecule has 1 saturated heterocycles. The summed E-state index contributed by atoms with van der Waals surface area (Å²) in [6, 6.07) is 0. The van der Waals surface area contributed by atoms with Crippen LogP contribution in [0.3, 0.4) is 0 Å². The first kappa shape index (κ1) is 9.96. The van der Waals surface area contributed by atoms with Crippen molar-refractivity contribution in [3.63, 3.8) is 0 Å². The van der Waals surface area contributed by atoms with Crippen molar-refractivity contribution in [2.45, 2.75) is 26.1 Å². The van der Waals surface area contributed by atoms with Gasteiger partial charge in [0, 0.05) is 0 Å². The van der Waals surface area contributed by atoms with Gasteiger partial charge in [-0.05, 0) is 18.0 Å². The molecule has 0 saturated carbocycles.